The molecule has 0 radical (unpaired) electrons. The molecule has 1 saturated carbocycles. The highest BCUT2D eigenvalue weighted by atomic mass is 16.5. The number of aryl methyl sites for hydroxylation is 2. The molecule has 0 aliphatic heterocycles. The van der Waals surface area contributed by atoms with Gasteiger partial charge < -0.3 is 15.7 Å². The molecule has 1 aliphatic rings. The summed E-state index contributed by atoms with van der Waals surface area (Å²) in [4.78, 5) is 4.33. The van der Waals surface area contributed by atoms with Crippen LogP contribution in [0, 0.1) is 13.8 Å². The molecule has 92 valence electrons. The van der Waals surface area contributed by atoms with Crippen molar-refractivity contribution in [2.24, 2.45) is 10.9 Å². The second-order valence-corrected chi connectivity index (χ2v) is 4.42. The molecule has 1 fully saturated rings. The molecule has 1 aromatic heterocycles. The average molecular weight is 235 g/mol. The van der Waals surface area contributed by atoms with Crippen molar-refractivity contribution >= 4 is 5.84 Å². The molecular formula is C12H17N3O2. The maximum Gasteiger partial charge on any atom is 0.225 e. The van der Waals surface area contributed by atoms with Gasteiger partial charge in [-0.1, -0.05) is 5.16 Å². The zero-order chi connectivity index (χ0) is 12.4. The number of nitrogens with zero attached hydrogens (tertiary/aromatic N) is 2. The quantitative estimate of drug-likeness (QED) is 0.362. The number of hydrogen-bond acceptors (Lipinski definition) is 4. The number of pyridine rings is 1. The van der Waals surface area contributed by atoms with E-state index in [1.165, 1.54) is 6.42 Å². The van der Waals surface area contributed by atoms with Gasteiger partial charge in [-0.25, -0.2) is 4.98 Å². The standard InChI is InChI=1S/C12H17N3O2/c1-7-6-8(2)14-12(10(7)11(13)15-16)17-9-4-3-5-9/h6,9,16H,3-5H2,1-2H3,(H2,13,15). The third-order valence-corrected chi connectivity index (χ3v) is 3.01. The molecule has 5 heteroatoms. The maximum absolute atomic E-state index is 8.79. The average Bonchev–Trinajstić information content (AvgIpc) is 2.22. The monoisotopic (exact) mass is 235 g/mol. The molecule has 0 saturated heterocycles. The van der Waals surface area contributed by atoms with Gasteiger partial charge in [0, 0.05) is 5.69 Å². The number of nitrogens with two attached hydrogens (primary N) is 1. The van der Waals surface area contributed by atoms with Crippen LogP contribution < -0.4 is 10.5 Å². The van der Waals surface area contributed by atoms with E-state index in [1.807, 2.05) is 19.9 Å². The van der Waals surface area contributed by atoms with Crippen LogP contribution in [0.1, 0.15) is 36.1 Å². The Morgan fingerprint density at radius 2 is 2.24 bits per heavy atom. The van der Waals surface area contributed by atoms with Gasteiger partial charge in [0.05, 0.1) is 5.56 Å². The van der Waals surface area contributed by atoms with Gasteiger partial charge in [-0.05, 0) is 44.7 Å². The largest absolute Gasteiger partial charge is 0.474 e. The van der Waals surface area contributed by atoms with Crippen molar-refractivity contribution < 1.29 is 9.94 Å². The van der Waals surface area contributed by atoms with Crippen LogP contribution in [0.3, 0.4) is 0 Å². The van der Waals surface area contributed by atoms with E-state index in [1.54, 1.807) is 0 Å². The van der Waals surface area contributed by atoms with Crippen LogP contribution in [-0.2, 0) is 0 Å². The zero-order valence-electron chi connectivity index (χ0n) is 10.1. The summed E-state index contributed by atoms with van der Waals surface area (Å²) in [5.41, 5.74) is 8.02. The zero-order valence-corrected chi connectivity index (χ0v) is 10.1. The van der Waals surface area contributed by atoms with Gasteiger partial charge in [-0.3, -0.25) is 0 Å². The molecule has 17 heavy (non-hydrogen) atoms. The van der Waals surface area contributed by atoms with E-state index < -0.39 is 0 Å². The lowest BCUT2D eigenvalue weighted by Gasteiger charge is -2.27. The van der Waals surface area contributed by atoms with Crippen LogP contribution in [0.15, 0.2) is 11.2 Å². The molecule has 1 heterocycles. The Kier molecular flexibility index (Phi) is 3.17. The van der Waals surface area contributed by atoms with Crippen molar-refractivity contribution in [3.05, 3.63) is 22.9 Å². The molecule has 1 aromatic rings. The van der Waals surface area contributed by atoms with Crippen LogP contribution in [0.25, 0.3) is 0 Å². The molecule has 3 N–H and O–H groups in total. The summed E-state index contributed by atoms with van der Waals surface area (Å²) in [7, 11) is 0. The molecular weight excluding hydrogens is 218 g/mol. The number of oxime groups is 1. The SMILES string of the molecule is Cc1cc(C)c(C(N)=NO)c(OC2CCC2)n1. The minimum absolute atomic E-state index is 0.0457. The van der Waals surface area contributed by atoms with Gasteiger partial charge in [-0.2, -0.15) is 0 Å². The number of aromatic nitrogens is 1. The molecule has 0 aromatic carbocycles. The van der Waals surface area contributed by atoms with Crippen LogP contribution in [0.4, 0.5) is 0 Å². The van der Waals surface area contributed by atoms with Gasteiger partial charge in [0.25, 0.3) is 0 Å². The Labute approximate surface area is 100 Å². The Balaban J connectivity index is 2.39. The van der Waals surface area contributed by atoms with Crippen molar-refractivity contribution in [3.63, 3.8) is 0 Å². The molecule has 0 bridgehead atoms. The highest BCUT2D eigenvalue weighted by molar-refractivity contribution is 6.00. The van der Waals surface area contributed by atoms with Crippen molar-refractivity contribution in [3.8, 4) is 5.88 Å². The first kappa shape index (κ1) is 11.7. The predicted octanol–water partition coefficient (Wildman–Crippen LogP) is 1.72. The second kappa shape index (κ2) is 4.61. The summed E-state index contributed by atoms with van der Waals surface area (Å²) in [6, 6.07) is 1.89. The summed E-state index contributed by atoms with van der Waals surface area (Å²) < 4.78 is 5.78. The van der Waals surface area contributed by atoms with E-state index >= 15 is 0 Å². The Morgan fingerprint density at radius 1 is 1.53 bits per heavy atom. The first-order valence-electron chi connectivity index (χ1n) is 5.74. The molecule has 0 amide bonds. The summed E-state index contributed by atoms with van der Waals surface area (Å²) >= 11 is 0. The summed E-state index contributed by atoms with van der Waals surface area (Å²) in [6.07, 6.45) is 3.50. The van der Waals surface area contributed by atoms with Crippen LogP contribution in [0.5, 0.6) is 5.88 Å². The smallest absolute Gasteiger partial charge is 0.225 e. The van der Waals surface area contributed by atoms with Gasteiger partial charge in [0.15, 0.2) is 5.84 Å². The van der Waals surface area contributed by atoms with E-state index in [9.17, 15) is 0 Å². The Bertz CT molecular complexity index is 453. The molecule has 0 unspecified atom stereocenters. The highest BCUT2D eigenvalue weighted by Crippen LogP contribution is 2.28. The summed E-state index contributed by atoms with van der Waals surface area (Å²) in [5, 5.41) is 11.8. The Morgan fingerprint density at radius 3 is 2.76 bits per heavy atom. The van der Waals surface area contributed by atoms with Gasteiger partial charge >= 0.3 is 0 Å². The number of ether oxygens (including phenoxy) is 1. The van der Waals surface area contributed by atoms with Crippen molar-refractivity contribution in [1.82, 2.24) is 4.98 Å². The number of hydrogen-bond donors (Lipinski definition) is 2. The predicted molar refractivity (Wildman–Crippen MR) is 64.5 cm³/mol. The topological polar surface area (TPSA) is 80.7 Å². The minimum Gasteiger partial charge on any atom is -0.474 e. The lowest BCUT2D eigenvalue weighted by Crippen LogP contribution is -2.27. The normalized spacial score (nSPS) is 16.7. The van der Waals surface area contributed by atoms with E-state index in [2.05, 4.69) is 10.1 Å². The number of amidine groups is 1. The fraction of sp³-hybridized carbons (Fsp3) is 0.500. The van der Waals surface area contributed by atoms with Gasteiger partial charge in [0.2, 0.25) is 5.88 Å². The van der Waals surface area contributed by atoms with Crippen molar-refractivity contribution in [2.45, 2.75) is 39.2 Å². The Hall–Kier alpha value is -1.78. The fourth-order valence-corrected chi connectivity index (χ4v) is 1.90. The van der Waals surface area contributed by atoms with Crippen LogP contribution in [-0.4, -0.2) is 22.1 Å². The highest BCUT2D eigenvalue weighted by Gasteiger charge is 2.23. The maximum atomic E-state index is 8.79. The molecule has 5 nitrogen and oxygen atoms in total. The van der Waals surface area contributed by atoms with Gasteiger partial charge in [-0.15, -0.1) is 0 Å². The molecule has 0 atom stereocenters. The van der Waals surface area contributed by atoms with Crippen molar-refractivity contribution in [1.29, 1.82) is 0 Å². The lowest BCUT2D eigenvalue weighted by molar-refractivity contribution is 0.114. The molecule has 2 rings (SSSR count). The van der Waals surface area contributed by atoms with Crippen LogP contribution >= 0.6 is 0 Å². The van der Waals surface area contributed by atoms with Crippen LogP contribution in [0.2, 0.25) is 0 Å². The third-order valence-electron chi connectivity index (χ3n) is 3.01. The number of rotatable bonds is 3. The third kappa shape index (κ3) is 2.33. The van der Waals surface area contributed by atoms with Gasteiger partial charge in [0.1, 0.15) is 6.10 Å². The van der Waals surface area contributed by atoms with E-state index in [0.29, 0.717) is 11.4 Å². The van der Waals surface area contributed by atoms with E-state index in [-0.39, 0.29) is 11.9 Å². The van der Waals surface area contributed by atoms with Crippen molar-refractivity contribution in [2.75, 3.05) is 0 Å². The first-order chi connectivity index (χ1) is 8.11. The summed E-state index contributed by atoms with van der Waals surface area (Å²) in [5.74, 6) is 0.520. The lowest BCUT2D eigenvalue weighted by atomic mass is 9.96. The minimum atomic E-state index is 0.0457. The second-order valence-electron chi connectivity index (χ2n) is 4.42. The fourth-order valence-electron chi connectivity index (χ4n) is 1.90. The molecule has 0 spiro atoms. The first-order valence-corrected chi connectivity index (χ1v) is 5.74. The summed E-state index contributed by atoms with van der Waals surface area (Å²) in [6.45, 7) is 3.80. The van der Waals surface area contributed by atoms with E-state index in [0.717, 1.165) is 24.1 Å². The van der Waals surface area contributed by atoms with E-state index in [4.69, 9.17) is 15.7 Å². The molecule has 1 aliphatic carbocycles.